The minimum absolute atomic E-state index is 0.437. The predicted octanol–water partition coefficient (Wildman–Crippen LogP) is 29.4. The largest absolute Gasteiger partial charge is 0.456 e. The fraction of sp³-hybridized carbons (Fsp3) is 0.0172. The van der Waals surface area contributed by atoms with Gasteiger partial charge < -0.3 is 4.42 Å². The molecule has 0 unspecified atom stereocenters. The lowest BCUT2D eigenvalue weighted by Crippen LogP contribution is -2.28. The maximum absolute atomic E-state index is 6.75. The van der Waals surface area contributed by atoms with Gasteiger partial charge in [-0.2, -0.15) is 0 Å². The Labute approximate surface area is 722 Å². The quantitative estimate of drug-likeness (QED) is 0.107. The third-order valence-electron chi connectivity index (χ3n) is 24.9. The first-order valence-corrected chi connectivity index (χ1v) is 42.8. The number of thiophene rings is 1. The third-order valence-corrected chi connectivity index (χ3v) is 26.0. The van der Waals surface area contributed by atoms with Gasteiger partial charge in [-0.3, -0.25) is 0 Å². The molecule has 0 radical (unpaired) electrons. The molecule has 0 bridgehead atoms. The van der Waals surface area contributed by atoms with Crippen LogP contribution in [0.4, 0.5) is 0 Å². The van der Waals surface area contributed by atoms with Crippen molar-refractivity contribution in [1.29, 1.82) is 0 Å². The number of aromatic nitrogens is 6. The van der Waals surface area contributed by atoms with Gasteiger partial charge in [0.1, 0.15) is 11.2 Å². The molecule has 22 aromatic rings. The molecule has 0 saturated carbocycles. The van der Waals surface area contributed by atoms with Crippen molar-refractivity contribution >= 4 is 53.4 Å². The van der Waals surface area contributed by atoms with E-state index in [0.717, 1.165) is 99.8 Å². The monoisotopic (exact) mass is 1600 g/mol. The first kappa shape index (κ1) is 73.2. The van der Waals surface area contributed by atoms with E-state index >= 15 is 0 Å². The Balaban J connectivity index is 0.000000143. The summed E-state index contributed by atoms with van der Waals surface area (Å²) in [5, 5.41) is 4.64. The van der Waals surface area contributed by atoms with Crippen molar-refractivity contribution < 1.29 is 4.42 Å². The minimum Gasteiger partial charge on any atom is -0.456 e. The topological polar surface area (TPSA) is 90.5 Å². The molecule has 124 heavy (non-hydrogen) atoms. The molecular formula is C116H74N6OS. The van der Waals surface area contributed by atoms with Crippen LogP contribution >= 0.6 is 11.3 Å². The fourth-order valence-corrected chi connectivity index (χ4v) is 20.4. The molecule has 8 heteroatoms. The van der Waals surface area contributed by atoms with Crippen LogP contribution in [0.5, 0.6) is 0 Å². The highest BCUT2D eigenvalue weighted by atomic mass is 32.1. The van der Waals surface area contributed by atoms with Crippen LogP contribution < -0.4 is 0 Å². The lowest BCUT2D eigenvalue weighted by atomic mass is 9.67. The summed E-state index contributed by atoms with van der Waals surface area (Å²) < 4.78 is 9.26. The predicted molar refractivity (Wildman–Crippen MR) is 509 cm³/mol. The maximum atomic E-state index is 6.75. The van der Waals surface area contributed by atoms with Crippen LogP contribution in [0.15, 0.2) is 453 Å². The van der Waals surface area contributed by atoms with Gasteiger partial charge in [-0.25, -0.2) is 29.9 Å². The molecule has 0 atom stereocenters. The van der Waals surface area contributed by atoms with Crippen LogP contribution in [0, 0.1) is 0 Å². The summed E-state index contributed by atoms with van der Waals surface area (Å²) in [4.78, 5) is 30.8. The van der Waals surface area contributed by atoms with Crippen molar-refractivity contribution in [1.82, 2.24) is 29.9 Å². The molecule has 18 aromatic carbocycles. The first-order valence-electron chi connectivity index (χ1n) is 42.0. The minimum atomic E-state index is -0.503. The summed E-state index contributed by atoms with van der Waals surface area (Å²) in [6.07, 6.45) is 0. The molecule has 4 heterocycles. The molecule has 0 spiro atoms. The molecule has 2 aliphatic carbocycles. The van der Waals surface area contributed by atoms with E-state index in [-0.39, 0.29) is 0 Å². The summed E-state index contributed by atoms with van der Waals surface area (Å²) in [6.45, 7) is 0. The van der Waals surface area contributed by atoms with Gasteiger partial charge in [0.15, 0.2) is 34.9 Å². The van der Waals surface area contributed by atoms with Crippen molar-refractivity contribution in [3.05, 3.63) is 493 Å². The van der Waals surface area contributed by atoms with Gasteiger partial charge in [0.2, 0.25) is 0 Å². The SMILES string of the molecule is c1ccc(-c2cccc(-c3nc(-c4ccccc4)nc(-c4ccccc4-c4ccc5c(c4)sc4cc(C6(c7ccccc7)c7ccccc7-c7ccccc76)ccc45)n3)c2)cc1.c1ccc(-c2cccc(-c3nc(-c4ccccc4)nc(-c4ccccc4-c4ccc5oc6cc(C7(c8ccccc8)c8ccccc8-c8ccccc87)ccc6c5c4)n3)c2)cc1. The van der Waals surface area contributed by atoms with Crippen molar-refractivity contribution in [3.8, 4) is 135 Å². The van der Waals surface area contributed by atoms with E-state index in [4.69, 9.17) is 34.3 Å². The third kappa shape index (κ3) is 12.5. The molecular weight excluding hydrogens is 1530 g/mol. The molecule has 0 aliphatic heterocycles. The summed E-state index contributed by atoms with van der Waals surface area (Å²) in [6, 6.07) is 160. The number of benzene rings is 18. The molecule has 0 amide bonds. The zero-order chi connectivity index (χ0) is 82.1. The van der Waals surface area contributed by atoms with Gasteiger partial charge in [-0.1, -0.05) is 406 Å². The van der Waals surface area contributed by atoms with Crippen LogP contribution in [-0.2, 0) is 10.8 Å². The standard InChI is InChI=1S/C58H37N3O.C58H37N3S/c1-4-17-38(18-5-1)40-21-16-22-42(35-40)56-59-55(39-19-6-2-7-20-39)60-57(61-56)49-28-11-10-25-45(49)41-31-34-53-50(36-41)48-33-32-44(37-54(48)62-53)58(43-23-8-3-9-24-43)51-29-14-12-26-46(51)47-27-13-15-30-52(47)58;1-4-17-38(18-5-1)40-21-16-22-42(35-40)56-59-55(39-19-6-2-7-20-39)60-57(61-56)50-28-11-10-25-45(50)41-31-33-48-49-34-32-44(37-54(49)62-53(48)36-41)58(43-23-8-3-9-24-43)51-29-14-12-26-46(51)47-27-13-15-30-52(47)58/h2*1-37H. The molecule has 2 aliphatic rings. The molecule has 0 saturated heterocycles. The van der Waals surface area contributed by atoms with E-state index in [1.165, 1.54) is 86.9 Å². The first-order chi connectivity index (χ1) is 61.4. The van der Waals surface area contributed by atoms with Crippen LogP contribution in [0.1, 0.15) is 44.5 Å². The van der Waals surface area contributed by atoms with Gasteiger partial charge >= 0.3 is 0 Å². The van der Waals surface area contributed by atoms with E-state index in [1.54, 1.807) is 0 Å². The lowest BCUT2D eigenvalue weighted by Gasteiger charge is -2.33. The molecule has 4 aromatic heterocycles. The Bertz CT molecular complexity index is 7630. The lowest BCUT2D eigenvalue weighted by molar-refractivity contribution is 0.665. The van der Waals surface area contributed by atoms with Crippen LogP contribution in [0.2, 0.25) is 0 Å². The average Bonchev–Trinajstić information content (AvgIpc) is 1.54. The van der Waals surface area contributed by atoms with Crippen LogP contribution in [-0.4, -0.2) is 29.9 Å². The summed E-state index contributed by atoms with van der Waals surface area (Å²) in [5.41, 5.74) is 30.4. The second-order valence-electron chi connectivity index (χ2n) is 31.8. The Hall–Kier alpha value is -16.0. The van der Waals surface area contributed by atoms with Gasteiger partial charge in [0.25, 0.3) is 0 Å². The Morgan fingerprint density at radius 2 is 0.484 bits per heavy atom. The second-order valence-corrected chi connectivity index (χ2v) is 32.9. The van der Waals surface area contributed by atoms with Crippen LogP contribution in [0.25, 0.3) is 177 Å². The van der Waals surface area contributed by atoms with Crippen molar-refractivity contribution in [2.24, 2.45) is 0 Å². The zero-order valence-corrected chi connectivity index (χ0v) is 68.0. The number of hydrogen-bond acceptors (Lipinski definition) is 8. The van der Waals surface area contributed by atoms with Gasteiger partial charge in [-0.15, -0.1) is 11.3 Å². The number of fused-ring (bicyclic) bond motifs is 12. The molecule has 7 nitrogen and oxygen atoms in total. The average molecular weight is 1600 g/mol. The number of nitrogens with zero attached hydrogens (tertiary/aromatic N) is 6. The van der Waals surface area contributed by atoms with E-state index in [1.807, 2.05) is 72.0 Å². The highest BCUT2D eigenvalue weighted by molar-refractivity contribution is 7.25. The van der Waals surface area contributed by atoms with Gasteiger partial charge in [0.05, 0.1) is 10.8 Å². The normalized spacial score (nSPS) is 12.6. The zero-order valence-electron chi connectivity index (χ0n) is 67.2. The van der Waals surface area contributed by atoms with Crippen molar-refractivity contribution in [2.45, 2.75) is 10.8 Å². The van der Waals surface area contributed by atoms with E-state index in [9.17, 15) is 0 Å². The molecule has 0 fully saturated rings. The summed E-state index contributed by atoms with van der Waals surface area (Å²) >= 11 is 1.86. The smallest absolute Gasteiger partial charge is 0.164 e. The van der Waals surface area contributed by atoms with Gasteiger partial charge in [0, 0.05) is 64.3 Å². The highest BCUT2D eigenvalue weighted by Gasteiger charge is 2.48. The van der Waals surface area contributed by atoms with E-state index < -0.39 is 10.8 Å². The van der Waals surface area contributed by atoms with E-state index in [0.29, 0.717) is 34.9 Å². The van der Waals surface area contributed by atoms with Gasteiger partial charge in [-0.05, 0) is 154 Å². The number of rotatable bonds is 14. The summed E-state index contributed by atoms with van der Waals surface area (Å²) in [7, 11) is 0. The second kappa shape index (κ2) is 30.7. The molecule has 0 N–H and O–H groups in total. The van der Waals surface area contributed by atoms with Crippen molar-refractivity contribution in [3.63, 3.8) is 0 Å². The Morgan fingerprint density at radius 3 is 0.927 bits per heavy atom. The maximum Gasteiger partial charge on any atom is 0.164 e. The molecule has 580 valence electrons. The Morgan fingerprint density at radius 1 is 0.169 bits per heavy atom. The van der Waals surface area contributed by atoms with Crippen LogP contribution in [0.3, 0.4) is 0 Å². The van der Waals surface area contributed by atoms with E-state index in [2.05, 4.69) is 388 Å². The number of furan rings is 1. The molecule has 24 rings (SSSR count). The summed E-state index contributed by atoms with van der Waals surface area (Å²) in [5.74, 6) is 3.77. The number of hydrogen-bond donors (Lipinski definition) is 0. The highest BCUT2D eigenvalue weighted by Crippen LogP contribution is 2.59. The Kier molecular flexibility index (Phi) is 18.1. The fourth-order valence-electron chi connectivity index (χ4n) is 19.3. The van der Waals surface area contributed by atoms with Crippen molar-refractivity contribution in [2.75, 3.05) is 0 Å².